The Kier molecular flexibility index (Phi) is 4.83. The number of pyridine rings is 1. The molecule has 0 saturated carbocycles. The second-order valence-electron chi connectivity index (χ2n) is 7.40. The molecule has 1 aromatic carbocycles. The number of unbranched alkanes of at least 4 members (excludes halogenated alkanes) is 1. The van der Waals surface area contributed by atoms with E-state index in [4.69, 9.17) is 0 Å². The number of hydroxylamine groups is 2. The average molecular weight is 369 g/mol. The van der Waals surface area contributed by atoms with Crippen LogP contribution in [0.25, 0.3) is 0 Å². The number of anilines is 1. The van der Waals surface area contributed by atoms with Crippen LogP contribution in [0.4, 0.5) is 10.1 Å². The van der Waals surface area contributed by atoms with Gasteiger partial charge in [-0.2, -0.15) is 0 Å². The van der Waals surface area contributed by atoms with Crippen molar-refractivity contribution in [2.24, 2.45) is 0 Å². The first kappa shape index (κ1) is 17.9. The SMILES string of the molecule is CCCCC1Cc2c(ncc3c2CCN3Cc2ccc(F)cc2)C(=O)N1O. The minimum atomic E-state index is -0.392. The Balaban J connectivity index is 1.62. The molecule has 1 N–H and O–H groups in total. The molecule has 2 aliphatic rings. The Morgan fingerprint density at radius 2 is 2.04 bits per heavy atom. The van der Waals surface area contributed by atoms with Gasteiger partial charge in [0.2, 0.25) is 0 Å². The van der Waals surface area contributed by atoms with Crippen molar-refractivity contribution in [2.75, 3.05) is 11.4 Å². The highest BCUT2D eigenvalue weighted by molar-refractivity contribution is 5.95. The van der Waals surface area contributed by atoms with Gasteiger partial charge in [-0.25, -0.2) is 14.4 Å². The lowest BCUT2D eigenvalue weighted by Gasteiger charge is -2.32. The van der Waals surface area contributed by atoms with Gasteiger partial charge < -0.3 is 4.90 Å². The third-order valence-electron chi connectivity index (χ3n) is 5.62. The van der Waals surface area contributed by atoms with E-state index in [1.54, 1.807) is 18.3 Å². The van der Waals surface area contributed by atoms with E-state index in [2.05, 4.69) is 16.8 Å². The lowest BCUT2D eigenvalue weighted by Crippen LogP contribution is -2.44. The van der Waals surface area contributed by atoms with Crippen molar-refractivity contribution in [3.63, 3.8) is 0 Å². The molecule has 0 saturated heterocycles. The number of aromatic nitrogens is 1. The fourth-order valence-corrected chi connectivity index (χ4v) is 4.14. The maximum atomic E-state index is 13.1. The van der Waals surface area contributed by atoms with Gasteiger partial charge in [0.15, 0.2) is 0 Å². The lowest BCUT2D eigenvalue weighted by molar-refractivity contribution is -0.0946. The number of rotatable bonds is 5. The van der Waals surface area contributed by atoms with Gasteiger partial charge in [-0.1, -0.05) is 31.9 Å². The van der Waals surface area contributed by atoms with Crippen LogP contribution in [0, 0.1) is 5.82 Å². The summed E-state index contributed by atoms with van der Waals surface area (Å²) in [5.41, 5.74) is 4.63. The third kappa shape index (κ3) is 3.30. The number of hydrogen-bond acceptors (Lipinski definition) is 4. The summed E-state index contributed by atoms with van der Waals surface area (Å²) in [6.45, 7) is 3.64. The van der Waals surface area contributed by atoms with Crippen molar-refractivity contribution in [1.82, 2.24) is 10.0 Å². The molecule has 0 radical (unpaired) electrons. The Labute approximate surface area is 158 Å². The summed E-state index contributed by atoms with van der Waals surface area (Å²) < 4.78 is 13.1. The normalized spacial score (nSPS) is 18.6. The van der Waals surface area contributed by atoms with Crippen LogP contribution in [0.2, 0.25) is 0 Å². The lowest BCUT2D eigenvalue weighted by atomic mass is 9.91. The van der Waals surface area contributed by atoms with Gasteiger partial charge in [0.1, 0.15) is 11.5 Å². The summed E-state index contributed by atoms with van der Waals surface area (Å²) in [7, 11) is 0. The Hall–Kier alpha value is -2.47. The number of hydrogen-bond donors (Lipinski definition) is 1. The third-order valence-corrected chi connectivity index (χ3v) is 5.62. The molecule has 0 fully saturated rings. The van der Waals surface area contributed by atoms with Gasteiger partial charge >= 0.3 is 0 Å². The summed E-state index contributed by atoms with van der Waals surface area (Å²) in [4.78, 5) is 19.2. The summed E-state index contributed by atoms with van der Waals surface area (Å²) >= 11 is 0. The van der Waals surface area contributed by atoms with Crippen LogP contribution >= 0.6 is 0 Å². The van der Waals surface area contributed by atoms with Crippen molar-refractivity contribution in [3.8, 4) is 0 Å². The van der Waals surface area contributed by atoms with Gasteiger partial charge in [-0.05, 0) is 48.1 Å². The minimum Gasteiger partial charge on any atom is -0.365 e. The highest BCUT2D eigenvalue weighted by atomic mass is 19.1. The number of amides is 1. The van der Waals surface area contributed by atoms with Gasteiger partial charge in [-0.3, -0.25) is 10.0 Å². The maximum Gasteiger partial charge on any atom is 0.296 e. The fraction of sp³-hybridized carbons (Fsp3) is 0.429. The first-order valence-electron chi connectivity index (χ1n) is 9.61. The predicted octanol–water partition coefficient (Wildman–Crippen LogP) is 3.73. The number of benzene rings is 1. The van der Waals surface area contributed by atoms with Gasteiger partial charge in [-0.15, -0.1) is 0 Å². The average Bonchev–Trinajstić information content (AvgIpc) is 3.08. The molecule has 4 rings (SSSR count). The molecule has 1 aromatic heterocycles. The molecule has 3 heterocycles. The molecule has 0 bridgehead atoms. The molecule has 1 atom stereocenters. The first-order valence-corrected chi connectivity index (χ1v) is 9.61. The van der Waals surface area contributed by atoms with E-state index in [1.165, 1.54) is 17.7 Å². The van der Waals surface area contributed by atoms with Crippen molar-refractivity contribution in [1.29, 1.82) is 0 Å². The molecule has 2 aromatic rings. The highest BCUT2D eigenvalue weighted by Gasteiger charge is 2.36. The zero-order chi connectivity index (χ0) is 19.0. The number of halogens is 1. The molecule has 27 heavy (non-hydrogen) atoms. The van der Waals surface area contributed by atoms with E-state index < -0.39 is 5.91 Å². The smallest absolute Gasteiger partial charge is 0.296 e. The van der Waals surface area contributed by atoms with E-state index in [0.717, 1.165) is 54.1 Å². The number of fused-ring (bicyclic) bond motifs is 3. The quantitative estimate of drug-likeness (QED) is 0.816. The topological polar surface area (TPSA) is 56.7 Å². The molecule has 6 heteroatoms. The second kappa shape index (κ2) is 7.27. The van der Waals surface area contributed by atoms with Crippen molar-refractivity contribution < 1.29 is 14.4 Å². The molecule has 1 unspecified atom stereocenters. The zero-order valence-corrected chi connectivity index (χ0v) is 15.5. The van der Waals surface area contributed by atoms with Crippen LogP contribution in [0.15, 0.2) is 30.5 Å². The monoisotopic (exact) mass is 369 g/mol. The van der Waals surface area contributed by atoms with Gasteiger partial charge in [0.25, 0.3) is 5.91 Å². The Morgan fingerprint density at radius 1 is 1.26 bits per heavy atom. The number of nitrogens with zero attached hydrogens (tertiary/aromatic N) is 3. The van der Waals surface area contributed by atoms with Crippen LogP contribution in [0.3, 0.4) is 0 Å². The van der Waals surface area contributed by atoms with E-state index >= 15 is 0 Å². The van der Waals surface area contributed by atoms with Crippen molar-refractivity contribution in [2.45, 2.75) is 51.6 Å². The zero-order valence-electron chi connectivity index (χ0n) is 15.5. The molecular formula is C21H24FN3O2. The van der Waals surface area contributed by atoms with Crippen LogP contribution in [-0.4, -0.2) is 33.7 Å². The van der Waals surface area contributed by atoms with Crippen molar-refractivity contribution >= 4 is 11.6 Å². The summed E-state index contributed by atoms with van der Waals surface area (Å²) in [5.74, 6) is -0.626. The van der Waals surface area contributed by atoms with E-state index in [9.17, 15) is 14.4 Å². The standard InChI is InChI=1S/C21H24FN3O2/c1-2-3-4-16-11-18-17-9-10-24(13-14-5-7-15(22)8-6-14)19(17)12-23-20(18)21(26)25(16)27/h5-8,12,16,27H,2-4,9-11,13H2,1H3. The van der Waals surface area contributed by atoms with Crippen molar-refractivity contribution in [3.05, 3.63) is 58.7 Å². The largest absolute Gasteiger partial charge is 0.365 e. The van der Waals surface area contributed by atoms with E-state index in [1.807, 2.05) is 0 Å². The molecule has 0 aliphatic carbocycles. The molecule has 5 nitrogen and oxygen atoms in total. The Bertz CT molecular complexity index is 853. The number of carbonyl (C=O) groups is 1. The van der Waals surface area contributed by atoms with Gasteiger partial charge in [0, 0.05) is 13.1 Å². The van der Waals surface area contributed by atoms with Crippen LogP contribution in [0.5, 0.6) is 0 Å². The summed E-state index contributed by atoms with van der Waals surface area (Å²) in [6, 6.07) is 6.37. The molecular weight excluding hydrogens is 345 g/mol. The first-order chi connectivity index (χ1) is 13.1. The van der Waals surface area contributed by atoms with E-state index in [0.29, 0.717) is 18.7 Å². The molecule has 1 amide bonds. The highest BCUT2D eigenvalue weighted by Crippen LogP contribution is 2.36. The van der Waals surface area contributed by atoms with Crippen LogP contribution in [-0.2, 0) is 19.4 Å². The number of carbonyl (C=O) groups excluding carboxylic acids is 1. The maximum absolute atomic E-state index is 13.1. The summed E-state index contributed by atoms with van der Waals surface area (Å²) in [5, 5.41) is 11.1. The minimum absolute atomic E-state index is 0.176. The van der Waals surface area contributed by atoms with E-state index in [-0.39, 0.29) is 11.9 Å². The molecule has 2 aliphatic heterocycles. The predicted molar refractivity (Wildman–Crippen MR) is 100 cm³/mol. The summed E-state index contributed by atoms with van der Waals surface area (Å²) in [6.07, 6.45) is 6.05. The fourth-order valence-electron chi connectivity index (χ4n) is 4.14. The Morgan fingerprint density at radius 3 is 2.78 bits per heavy atom. The second-order valence-corrected chi connectivity index (χ2v) is 7.40. The molecule has 142 valence electrons. The van der Waals surface area contributed by atoms with Gasteiger partial charge in [0.05, 0.1) is 17.9 Å². The van der Waals surface area contributed by atoms with Crippen LogP contribution < -0.4 is 4.90 Å². The molecule has 0 spiro atoms. The van der Waals surface area contributed by atoms with Crippen LogP contribution in [0.1, 0.15) is 53.4 Å².